The molecule has 0 saturated carbocycles. The molecule has 3 aliphatic heterocycles. The highest BCUT2D eigenvalue weighted by molar-refractivity contribution is 5.86. The van der Waals surface area contributed by atoms with Gasteiger partial charge in [-0.05, 0) is 104 Å². The molecule has 0 spiro atoms. The molecule has 5 aromatic rings. The zero-order chi connectivity index (χ0) is 47.2. The quantitative estimate of drug-likeness (QED) is 0.0797. The summed E-state index contributed by atoms with van der Waals surface area (Å²) in [5, 5.41) is 6.11. The lowest BCUT2D eigenvalue weighted by atomic mass is 9.94. The largest absolute Gasteiger partial charge is 0.497 e. The lowest BCUT2D eigenvalue weighted by molar-refractivity contribution is 0.147. The van der Waals surface area contributed by atoms with E-state index in [4.69, 9.17) is 28.9 Å². The van der Waals surface area contributed by atoms with Gasteiger partial charge in [-0.15, -0.1) is 0 Å². The molecule has 67 heavy (non-hydrogen) atoms. The van der Waals surface area contributed by atoms with E-state index in [0.717, 1.165) is 126 Å². The minimum absolute atomic E-state index is 0.0336. The summed E-state index contributed by atoms with van der Waals surface area (Å²) < 4.78 is 22.7. The molecule has 14 heteroatoms. The Hall–Kier alpha value is -6.12. The Morgan fingerprint density at radius 1 is 0.806 bits per heavy atom. The molecule has 6 unspecified atom stereocenters. The van der Waals surface area contributed by atoms with E-state index in [0.29, 0.717) is 12.3 Å². The van der Waals surface area contributed by atoms with Crippen LogP contribution in [0.5, 0.6) is 11.5 Å². The number of carbonyl (C=O) groups is 2. The third-order valence-corrected chi connectivity index (χ3v) is 14.2. The van der Waals surface area contributed by atoms with E-state index in [9.17, 15) is 9.59 Å². The number of imidazole rings is 2. The first kappa shape index (κ1) is 47.4. The number of hydrogen-bond acceptors (Lipinski definition) is 10. The summed E-state index contributed by atoms with van der Waals surface area (Å²) in [7, 11) is 4.51. The SMILES string of the molecule is CCC(C)C(CN1CCCC1c1ncc(-c2ccc3c(c2)OC(c2cccc(OC)c2)Cc2ccc(-c4cnc(C5CCCN5CC(NC(=O)OC)C(C)C)[nH]4)cc2/C=C/3C)[nH]1)NC(=O)OC. The predicted molar refractivity (Wildman–Crippen MR) is 262 cm³/mol. The second-order valence-corrected chi connectivity index (χ2v) is 18.8. The molecule has 2 aromatic heterocycles. The van der Waals surface area contributed by atoms with Gasteiger partial charge < -0.3 is 39.5 Å². The predicted octanol–water partition coefficient (Wildman–Crippen LogP) is 10.1. The minimum Gasteiger partial charge on any atom is -0.497 e. The van der Waals surface area contributed by atoms with E-state index >= 15 is 0 Å². The van der Waals surface area contributed by atoms with Crippen LogP contribution in [0.4, 0.5) is 9.59 Å². The summed E-state index contributed by atoms with van der Waals surface area (Å²) in [4.78, 5) is 46.5. The smallest absolute Gasteiger partial charge is 0.407 e. The fourth-order valence-corrected chi connectivity index (χ4v) is 9.94. The Bertz CT molecular complexity index is 2530. The molecule has 3 aromatic carbocycles. The first-order valence-corrected chi connectivity index (χ1v) is 24.0. The number of rotatable bonds is 15. The van der Waals surface area contributed by atoms with Crippen LogP contribution in [0.15, 0.2) is 73.1 Å². The molecule has 0 aliphatic carbocycles. The Morgan fingerprint density at radius 3 is 2.03 bits per heavy atom. The maximum atomic E-state index is 12.3. The van der Waals surface area contributed by atoms with Gasteiger partial charge in [0.1, 0.15) is 29.3 Å². The van der Waals surface area contributed by atoms with Gasteiger partial charge in [0.25, 0.3) is 0 Å². The number of ether oxygens (including phenoxy) is 4. The van der Waals surface area contributed by atoms with Crippen LogP contribution in [0.1, 0.15) is 119 Å². The fourth-order valence-electron chi connectivity index (χ4n) is 9.94. The van der Waals surface area contributed by atoms with Crippen LogP contribution in [0, 0.1) is 11.8 Å². The van der Waals surface area contributed by atoms with Gasteiger partial charge in [-0.2, -0.15) is 0 Å². The van der Waals surface area contributed by atoms with Crippen LogP contribution in [0.2, 0.25) is 0 Å². The molecular formula is C53H68N8O6. The number of alkyl carbamates (subject to hydrolysis) is 2. The third kappa shape index (κ3) is 10.9. The number of allylic oxidation sites excluding steroid dienone is 1. The summed E-state index contributed by atoms with van der Waals surface area (Å²) in [6.45, 7) is 14.0. The van der Waals surface area contributed by atoms with Crippen molar-refractivity contribution in [3.63, 3.8) is 0 Å². The topological polar surface area (TPSA) is 159 Å². The average molecular weight is 913 g/mol. The molecule has 4 N–H and O–H groups in total. The van der Waals surface area contributed by atoms with Crippen molar-refractivity contribution in [2.45, 2.75) is 103 Å². The molecule has 2 amide bonds. The summed E-state index contributed by atoms with van der Waals surface area (Å²) in [6.07, 6.45) is 10.7. The number of likely N-dealkylation sites (tertiary alicyclic amines) is 2. The Morgan fingerprint density at radius 2 is 1.42 bits per heavy atom. The van der Waals surface area contributed by atoms with E-state index in [1.807, 2.05) is 24.5 Å². The van der Waals surface area contributed by atoms with Gasteiger partial charge in [0.2, 0.25) is 0 Å². The highest BCUT2D eigenvalue weighted by atomic mass is 16.5. The van der Waals surface area contributed by atoms with E-state index < -0.39 is 12.2 Å². The Kier molecular flexibility index (Phi) is 15.0. The standard InChI is InChI=1S/C53H68N8O6/c1-9-33(4)45(59-53(63)66-8)31-61-22-12-16-47(61)51-55-29-43(57-51)37-19-20-41-34(5)23-39-24-36(18-17-35(39)26-48(67-49(41)27-37)38-13-10-14-40(25-38)64-6)42-28-54-50(56-42)46-15-11-21-60(46)30-44(32(2)3)58-52(62)65-7/h10,13-14,17-20,23-25,27-29,32-33,44-48H,9,11-12,15-16,21-22,26,30-31H2,1-8H3,(H,54,56)(H,55,57)(H,58,62)(H,59,63)/b34-23+. The van der Waals surface area contributed by atoms with Crippen molar-refractivity contribution in [3.05, 3.63) is 107 Å². The lowest BCUT2D eigenvalue weighted by Gasteiger charge is -2.31. The lowest BCUT2D eigenvalue weighted by Crippen LogP contribution is -2.47. The van der Waals surface area contributed by atoms with Gasteiger partial charge in [-0.3, -0.25) is 9.80 Å². The number of methoxy groups -OCH3 is 3. The highest BCUT2D eigenvalue weighted by Crippen LogP contribution is 2.41. The second kappa shape index (κ2) is 21.2. The summed E-state index contributed by atoms with van der Waals surface area (Å²) in [6, 6.07) is 21.4. The van der Waals surface area contributed by atoms with Crippen LogP contribution in [-0.4, -0.2) is 102 Å². The number of benzene rings is 3. The number of amides is 2. The van der Waals surface area contributed by atoms with Gasteiger partial charge in [-0.1, -0.05) is 76.6 Å². The number of aromatic amines is 2. The molecular weight excluding hydrogens is 845 g/mol. The Balaban J connectivity index is 1.08. The van der Waals surface area contributed by atoms with Crippen LogP contribution in [-0.2, 0) is 15.9 Å². The van der Waals surface area contributed by atoms with Crippen molar-refractivity contribution >= 4 is 23.8 Å². The van der Waals surface area contributed by atoms with Crippen LogP contribution in [0.25, 0.3) is 34.2 Å². The maximum Gasteiger partial charge on any atom is 0.407 e. The molecule has 14 nitrogen and oxygen atoms in total. The van der Waals surface area contributed by atoms with Crippen molar-refractivity contribution in [2.24, 2.45) is 11.8 Å². The average Bonchev–Trinajstić information content (AvgIpc) is 4.19. The van der Waals surface area contributed by atoms with Gasteiger partial charge >= 0.3 is 12.2 Å². The minimum atomic E-state index is -0.404. The summed E-state index contributed by atoms with van der Waals surface area (Å²) in [5.41, 5.74) is 9.32. The first-order valence-electron chi connectivity index (χ1n) is 24.0. The maximum absolute atomic E-state index is 12.3. The van der Waals surface area contributed by atoms with E-state index in [-0.39, 0.29) is 36.2 Å². The zero-order valence-electron chi connectivity index (χ0n) is 40.4. The Labute approximate surface area is 395 Å². The van der Waals surface area contributed by atoms with Crippen LogP contribution in [0.3, 0.4) is 0 Å². The van der Waals surface area contributed by atoms with Crippen molar-refractivity contribution in [3.8, 4) is 34.0 Å². The van der Waals surface area contributed by atoms with Gasteiger partial charge in [0, 0.05) is 48.3 Å². The molecule has 2 saturated heterocycles. The normalized spacial score (nSPS) is 20.8. The van der Waals surface area contributed by atoms with Crippen LogP contribution < -0.4 is 20.1 Å². The number of aromatic nitrogens is 4. The molecule has 5 heterocycles. The molecule has 3 aliphatic rings. The number of nitrogens with one attached hydrogen (secondary N) is 4. The fraction of sp³-hybridized carbons (Fsp3) is 0.472. The molecule has 6 atom stereocenters. The van der Waals surface area contributed by atoms with Gasteiger partial charge in [-0.25, -0.2) is 19.6 Å². The van der Waals surface area contributed by atoms with Gasteiger partial charge in [0.05, 0.1) is 57.2 Å². The summed E-state index contributed by atoms with van der Waals surface area (Å²) in [5.74, 6) is 3.96. The third-order valence-electron chi connectivity index (χ3n) is 14.2. The number of carbonyl (C=O) groups excluding carboxylic acids is 2. The summed E-state index contributed by atoms with van der Waals surface area (Å²) >= 11 is 0. The van der Waals surface area contributed by atoms with E-state index in [1.165, 1.54) is 19.8 Å². The van der Waals surface area contributed by atoms with Crippen molar-refractivity contribution < 1.29 is 28.5 Å². The van der Waals surface area contributed by atoms with Crippen molar-refractivity contribution in [1.82, 2.24) is 40.4 Å². The zero-order valence-corrected chi connectivity index (χ0v) is 40.4. The number of H-pyrrole nitrogens is 2. The molecule has 0 radical (unpaired) electrons. The first-order chi connectivity index (χ1) is 32.4. The van der Waals surface area contributed by atoms with E-state index in [1.54, 1.807) is 7.11 Å². The van der Waals surface area contributed by atoms with Gasteiger partial charge in [0.15, 0.2) is 0 Å². The molecule has 356 valence electrons. The number of nitrogens with zero attached hydrogens (tertiary/aromatic N) is 4. The van der Waals surface area contributed by atoms with E-state index in [2.05, 4.69) is 120 Å². The van der Waals surface area contributed by atoms with Crippen molar-refractivity contribution in [1.29, 1.82) is 0 Å². The number of hydrogen-bond donors (Lipinski definition) is 4. The van der Waals surface area contributed by atoms with Crippen LogP contribution >= 0.6 is 0 Å². The molecule has 8 rings (SSSR count). The molecule has 0 bridgehead atoms. The second-order valence-electron chi connectivity index (χ2n) is 18.8. The van der Waals surface area contributed by atoms with Crippen molar-refractivity contribution in [2.75, 3.05) is 47.5 Å². The monoisotopic (exact) mass is 913 g/mol. The molecule has 2 fully saturated rings. The highest BCUT2D eigenvalue weighted by Gasteiger charge is 2.34. The number of fused-ring (bicyclic) bond motifs is 2.